The van der Waals surface area contributed by atoms with Gasteiger partial charge < -0.3 is 10.4 Å². The van der Waals surface area contributed by atoms with Gasteiger partial charge in [-0.15, -0.1) is 0 Å². The SMILES string of the molecule is CCCC(NCc1ccc(C(F)F)cc1)C(=O)O. The molecule has 1 unspecified atom stereocenters. The molecule has 3 nitrogen and oxygen atoms in total. The monoisotopic (exact) mass is 257 g/mol. The highest BCUT2D eigenvalue weighted by molar-refractivity contribution is 5.73. The van der Waals surface area contributed by atoms with Crippen LogP contribution in [0, 0.1) is 0 Å². The van der Waals surface area contributed by atoms with Gasteiger partial charge in [0.2, 0.25) is 0 Å². The van der Waals surface area contributed by atoms with Crippen LogP contribution in [0.5, 0.6) is 0 Å². The first-order valence-electron chi connectivity index (χ1n) is 5.87. The third-order valence-electron chi connectivity index (χ3n) is 2.66. The summed E-state index contributed by atoms with van der Waals surface area (Å²) in [5.74, 6) is -0.888. The van der Waals surface area contributed by atoms with Crippen LogP contribution in [0.4, 0.5) is 8.78 Å². The third kappa shape index (κ3) is 4.41. The van der Waals surface area contributed by atoms with E-state index in [4.69, 9.17) is 5.11 Å². The van der Waals surface area contributed by atoms with Gasteiger partial charge in [0.15, 0.2) is 0 Å². The van der Waals surface area contributed by atoms with Gasteiger partial charge >= 0.3 is 5.97 Å². The molecule has 0 spiro atoms. The molecule has 1 aromatic rings. The standard InChI is InChI=1S/C13H17F2NO2/c1-2-3-11(13(17)18)16-8-9-4-6-10(7-5-9)12(14)15/h4-7,11-12,16H,2-3,8H2,1H3,(H,17,18). The van der Waals surface area contributed by atoms with Crippen molar-refractivity contribution >= 4 is 5.97 Å². The average Bonchev–Trinajstić information content (AvgIpc) is 2.34. The first kappa shape index (κ1) is 14.6. The van der Waals surface area contributed by atoms with Crippen LogP contribution in [0.1, 0.15) is 37.3 Å². The fourth-order valence-corrected chi connectivity index (χ4v) is 1.62. The fraction of sp³-hybridized carbons (Fsp3) is 0.462. The molecule has 0 radical (unpaired) electrons. The second kappa shape index (κ2) is 7.06. The molecule has 100 valence electrons. The lowest BCUT2D eigenvalue weighted by atomic mass is 10.1. The minimum absolute atomic E-state index is 0.0258. The molecule has 0 heterocycles. The van der Waals surface area contributed by atoms with Crippen LogP contribution >= 0.6 is 0 Å². The highest BCUT2D eigenvalue weighted by Crippen LogP contribution is 2.18. The Bertz CT molecular complexity index is 379. The number of aliphatic carboxylic acids is 1. The molecule has 0 aromatic heterocycles. The summed E-state index contributed by atoms with van der Waals surface area (Å²) < 4.78 is 24.7. The van der Waals surface area contributed by atoms with Crippen molar-refractivity contribution in [1.29, 1.82) is 0 Å². The van der Waals surface area contributed by atoms with Crippen molar-refractivity contribution in [1.82, 2.24) is 5.32 Å². The molecule has 0 saturated heterocycles. The molecule has 0 saturated carbocycles. The summed E-state index contributed by atoms with van der Waals surface area (Å²) in [7, 11) is 0. The number of hydrogen-bond acceptors (Lipinski definition) is 2. The molecule has 0 amide bonds. The van der Waals surface area contributed by atoms with Crippen LogP contribution in [0.25, 0.3) is 0 Å². The minimum Gasteiger partial charge on any atom is -0.480 e. The number of carboxylic acid groups (broad SMARTS) is 1. The van der Waals surface area contributed by atoms with E-state index in [-0.39, 0.29) is 5.56 Å². The van der Waals surface area contributed by atoms with E-state index in [9.17, 15) is 13.6 Å². The molecule has 0 aliphatic carbocycles. The Hall–Kier alpha value is -1.49. The van der Waals surface area contributed by atoms with Crippen LogP contribution in [-0.2, 0) is 11.3 Å². The number of nitrogens with one attached hydrogen (secondary N) is 1. The van der Waals surface area contributed by atoms with Crippen molar-refractivity contribution in [3.63, 3.8) is 0 Å². The Morgan fingerprint density at radius 3 is 2.39 bits per heavy atom. The van der Waals surface area contributed by atoms with Gasteiger partial charge in [-0.25, -0.2) is 8.78 Å². The molecule has 18 heavy (non-hydrogen) atoms. The van der Waals surface area contributed by atoms with E-state index in [0.717, 1.165) is 12.0 Å². The van der Waals surface area contributed by atoms with Gasteiger partial charge in [-0.3, -0.25) is 4.79 Å². The van der Waals surface area contributed by atoms with Gasteiger partial charge in [0, 0.05) is 12.1 Å². The third-order valence-corrected chi connectivity index (χ3v) is 2.66. The summed E-state index contributed by atoms with van der Waals surface area (Å²) in [6.07, 6.45) is -1.16. The van der Waals surface area contributed by atoms with Gasteiger partial charge in [-0.1, -0.05) is 37.6 Å². The number of rotatable bonds is 7. The Labute approximate surface area is 105 Å². The number of benzene rings is 1. The lowest BCUT2D eigenvalue weighted by Gasteiger charge is -2.13. The lowest BCUT2D eigenvalue weighted by molar-refractivity contribution is -0.139. The fourth-order valence-electron chi connectivity index (χ4n) is 1.62. The van der Waals surface area contributed by atoms with E-state index >= 15 is 0 Å². The molecule has 0 aliphatic heterocycles. The van der Waals surface area contributed by atoms with Gasteiger partial charge in [0.1, 0.15) is 6.04 Å². The molecule has 0 aliphatic rings. The Balaban J connectivity index is 2.54. The summed E-state index contributed by atoms with van der Waals surface area (Å²) in [4.78, 5) is 10.9. The maximum atomic E-state index is 12.3. The highest BCUT2D eigenvalue weighted by Gasteiger charge is 2.15. The quantitative estimate of drug-likeness (QED) is 0.789. The van der Waals surface area contributed by atoms with Gasteiger partial charge in [-0.2, -0.15) is 0 Å². The van der Waals surface area contributed by atoms with Crippen LogP contribution in [-0.4, -0.2) is 17.1 Å². The van der Waals surface area contributed by atoms with Crippen molar-refractivity contribution in [2.24, 2.45) is 0 Å². The van der Waals surface area contributed by atoms with Crippen LogP contribution < -0.4 is 5.32 Å². The Morgan fingerprint density at radius 1 is 1.33 bits per heavy atom. The van der Waals surface area contributed by atoms with E-state index in [0.29, 0.717) is 13.0 Å². The smallest absolute Gasteiger partial charge is 0.320 e. The number of alkyl halides is 2. The van der Waals surface area contributed by atoms with Crippen molar-refractivity contribution in [2.45, 2.75) is 38.8 Å². The zero-order chi connectivity index (χ0) is 13.5. The molecular formula is C13H17F2NO2. The maximum Gasteiger partial charge on any atom is 0.320 e. The summed E-state index contributed by atoms with van der Waals surface area (Å²) in [6.45, 7) is 2.27. The molecule has 5 heteroatoms. The van der Waals surface area contributed by atoms with Crippen molar-refractivity contribution in [3.05, 3.63) is 35.4 Å². The zero-order valence-electron chi connectivity index (χ0n) is 10.2. The minimum atomic E-state index is -2.47. The molecule has 2 N–H and O–H groups in total. The highest BCUT2D eigenvalue weighted by atomic mass is 19.3. The van der Waals surface area contributed by atoms with Crippen molar-refractivity contribution in [2.75, 3.05) is 0 Å². The molecule has 1 atom stereocenters. The maximum absolute atomic E-state index is 12.3. The average molecular weight is 257 g/mol. The predicted octanol–water partition coefficient (Wildman–Crippen LogP) is 2.97. The summed E-state index contributed by atoms with van der Waals surface area (Å²) >= 11 is 0. The van der Waals surface area contributed by atoms with Crippen molar-refractivity contribution in [3.8, 4) is 0 Å². The van der Waals surface area contributed by atoms with E-state index in [2.05, 4.69) is 5.32 Å². The molecule has 1 aromatic carbocycles. The topological polar surface area (TPSA) is 49.3 Å². The second-order valence-corrected chi connectivity index (χ2v) is 4.10. The normalized spacial score (nSPS) is 12.7. The van der Waals surface area contributed by atoms with E-state index in [1.807, 2.05) is 6.92 Å². The summed E-state index contributed by atoms with van der Waals surface area (Å²) in [5.41, 5.74) is 0.767. The Morgan fingerprint density at radius 2 is 1.94 bits per heavy atom. The molecule has 0 fully saturated rings. The second-order valence-electron chi connectivity index (χ2n) is 4.10. The van der Waals surface area contributed by atoms with E-state index in [1.165, 1.54) is 12.1 Å². The van der Waals surface area contributed by atoms with Crippen molar-refractivity contribution < 1.29 is 18.7 Å². The van der Waals surface area contributed by atoms with Gasteiger partial charge in [0.25, 0.3) is 6.43 Å². The Kier molecular flexibility index (Phi) is 5.71. The molecule has 0 bridgehead atoms. The number of carbonyl (C=O) groups is 1. The summed E-state index contributed by atoms with van der Waals surface area (Å²) in [6, 6.07) is 5.29. The summed E-state index contributed by atoms with van der Waals surface area (Å²) in [5, 5.41) is 11.8. The predicted molar refractivity (Wildman–Crippen MR) is 64.6 cm³/mol. The van der Waals surface area contributed by atoms with E-state index < -0.39 is 18.4 Å². The number of halogens is 2. The molecule has 1 rings (SSSR count). The number of carboxylic acids is 1. The van der Waals surface area contributed by atoms with Gasteiger partial charge in [-0.05, 0) is 12.0 Å². The zero-order valence-corrected chi connectivity index (χ0v) is 10.2. The first-order chi connectivity index (χ1) is 8.54. The van der Waals surface area contributed by atoms with Crippen LogP contribution in [0.2, 0.25) is 0 Å². The van der Waals surface area contributed by atoms with Crippen LogP contribution in [0.3, 0.4) is 0 Å². The first-order valence-corrected chi connectivity index (χ1v) is 5.87. The largest absolute Gasteiger partial charge is 0.480 e. The van der Waals surface area contributed by atoms with E-state index in [1.54, 1.807) is 12.1 Å². The van der Waals surface area contributed by atoms with Gasteiger partial charge in [0.05, 0.1) is 0 Å². The molecular weight excluding hydrogens is 240 g/mol. The number of hydrogen-bond donors (Lipinski definition) is 2. The van der Waals surface area contributed by atoms with Crippen LogP contribution in [0.15, 0.2) is 24.3 Å². The lowest BCUT2D eigenvalue weighted by Crippen LogP contribution is -2.35.